The third-order valence-electron chi connectivity index (χ3n) is 14.1. The first-order valence-electron chi connectivity index (χ1n) is 30.9. The molecule has 0 aromatic carbocycles. The summed E-state index contributed by atoms with van der Waals surface area (Å²) in [6, 6.07) is -0.637. The Balaban J connectivity index is 3.51. The number of hydrogen-bond acceptors (Lipinski definition) is 5. The lowest BCUT2D eigenvalue weighted by molar-refractivity contribution is -0.143. The number of ether oxygens (including phenoxy) is 1. The molecule has 0 aliphatic carbocycles. The summed E-state index contributed by atoms with van der Waals surface area (Å²) >= 11 is 0. The van der Waals surface area contributed by atoms with Crippen molar-refractivity contribution >= 4 is 11.9 Å². The fourth-order valence-electron chi connectivity index (χ4n) is 9.33. The average Bonchev–Trinajstić information content (AvgIpc) is 3.36. The van der Waals surface area contributed by atoms with E-state index in [-0.39, 0.29) is 18.5 Å². The van der Waals surface area contributed by atoms with Gasteiger partial charge >= 0.3 is 5.97 Å². The van der Waals surface area contributed by atoms with Gasteiger partial charge in [0.1, 0.15) is 0 Å². The lowest BCUT2D eigenvalue weighted by atomic mass is 10.0. The number of nitrogens with one attached hydrogen (secondary N) is 1. The fraction of sp³-hybridized carbons (Fsp3) is 0.844. The maximum absolute atomic E-state index is 12.5. The van der Waals surface area contributed by atoms with Crippen molar-refractivity contribution in [3.8, 4) is 0 Å². The minimum absolute atomic E-state index is 0.0222. The molecule has 2 unspecified atom stereocenters. The van der Waals surface area contributed by atoms with Crippen molar-refractivity contribution in [3.05, 3.63) is 48.6 Å². The van der Waals surface area contributed by atoms with Crippen molar-refractivity contribution < 1.29 is 24.5 Å². The molecule has 0 saturated carbocycles. The lowest BCUT2D eigenvalue weighted by Crippen LogP contribution is -2.45. The number of allylic oxidation sites excluding steroid dienone is 7. The highest BCUT2D eigenvalue weighted by atomic mass is 16.5. The lowest BCUT2D eigenvalue weighted by Gasteiger charge is -2.20. The highest BCUT2D eigenvalue weighted by Gasteiger charge is 2.18. The minimum atomic E-state index is -0.853. The van der Waals surface area contributed by atoms with E-state index in [1.54, 1.807) is 6.08 Å². The Bertz CT molecular complexity index is 1180. The molecule has 0 aliphatic heterocycles. The number of rotatable bonds is 57. The van der Waals surface area contributed by atoms with E-state index in [1.165, 1.54) is 218 Å². The van der Waals surface area contributed by atoms with Crippen LogP contribution in [-0.4, -0.2) is 47.4 Å². The van der Waals surface area contributed by atoms with Gasteiger partial charge in [0.25, 0.3) is 0 Å². The largest absolute Gasteiger partial charge is 0.466 e. The quantitative estimate of drug-likeness (QED) is 0.0244. The molecule has 0 saturated heterocycles. The molecular weight excluding hydrogens is 863 g/mol. The summed E-state index contributed by atoms with van der Waals surface area (Å²) in [6.45, 7) is 4.87. The van der Waals surface area contributed by atoms with Gasteiger partial charge in [-0.2, -0.15) is 0 Å². The first-order valence-corrected chi connectivity index (χ1v) is 30.9. The molecule has 70 heavy (non-hydrogen) atoms. The van der Waals surface area contributed by atoms with Crippen LogP contribution in [0.5, 0.6) is 0 Å². The number of carbonyl (C=O) groups excluding carboxylic acids is 2. The molecule has 0 bridgehead atoms. The summed E-state index contributed by atoms with van der Waals surface area (Å²) in [5, 5.41) is 23.2. The van der Waals surface area contributed by atoms with Crippen LogP contribution in [0.2, 0.25) is 0 Å². The van der Waals surface area contributed by atoms with Gasteiger partial charge in [0, 0.05) is 12.8 Å². The van der Waals surface area contributed by atoms with Crippen LogP contribution in [0.15, 0.2) is 48.6 Å². The molecule has 0 spiro atoms. The zero-order valence-corrected chi connectivity index (χ0v) is 46.7. The Hall–Kier alpha value is -2.18. The van der Waals surface area contributed by atoms with Crippen molar-refractivity contribution in [2.24, 2.45) is 0 Å². The van der Waals surface area contributed by atoms with E-state index in [0.717, 1.165) is 77.0 Å². The van der Waals surface area contributed by atoms with Crippen molar-refractivity contribution in [1.82, 2.24) is 5.32 Å². The molecule has 0 heterocycles. The summed E-state index contributed by atoms with van der Waals surface area (Å²) in [4.78, 5) is 24.5. The number of hydrogen-bond donors (Lipinski definition) is 3. The summed E-state index contributed by atoms with van der Waals surface area (Å²) in [7, 11) is 0. The summed E-state index contributed by atoms with van der Waals surface area (Å²) in [5.41, 5.74) is 0. The van der Waals surface area contributed by atoms with Gasteiger partial charge in [-0.1, -0.05) is 268 Å². The number of esters is 1. The molecule has 3 N–H and O–H groups in total. The molecule has 410 valence electrons. The molecule has 0 aromatic rings. The predicted molar refractivity (Wildman–Crippen MR) is 306 cm³/mol. The van der Waals surface area contributed by atoms with Gasteiger partial charge < -0.3 is 20.3 Å². The third-order valence-corrected chi connectivity index (χ3v) is 14.1. The van der Waals surface area contributed by atoms with Crippen molar-refractivity contribution in [3.63, 3.8) is 0 Å². The minimum Gasteiger partial charge on any atom is -0.466 e. The Morgan fingerprint density at radius 2 is 0.714 bits per heavy atom. The van der Waals surface area contributed by atoms with Crippen molar-refractivity contribution in [2.45, 2.75) is 334 Å². The highest BCUT2D eigenvalue weighted by molar-refractivity contribution is 5.76. The zero-order valence-electron chi connectivity index (χ0n) is 46.7. The molecule has 0 aliphatic rings. The van der Waals surface area contributed by atoms with Crippen LogP contribution in [0.3, 0.4) is 0 Å². The Kier molecular flexibility index (Phi) is 57.5. The van der Waals surface area contributed by atoms with Crippen LogP contribution in [0, 0.1) is 0 Å². The molecule has 1 amide bonds. The predicted octanol–water partition coefficient (Wildman–Crippen LogP) is 19.4. The van der Waals surface area contributed by atoms with Crippen LogP contribution in [0.25, 0.3) is 0 Å². The van der Waals surface area contributed by atoms with Crippen LogP contribution < -0.4 is 5.32 Å². The Morgan fingerprint density at radius 3 is 1.10 bits per heavy atom. The van der Waals surface area contributed by atoms with Gasteiger partial charge in [0.05, 0.1) is 25.4 Å². The van der Waals surface area contributed by atoms with E-state index >= 15 is 0 Å². The topological polar surface area (TPSA) is 95.9 Å². The SMILES string of the molecule is CCCCCCCC/C=C\CCCCCCCC(=O)OCCCCC/C=C\C=C/CCCCCCCCCCCCC(=O)NC(CO)C(O)/C=C/CCCCCCCCCCCCCCCCCCC. The Labute approximate surface area is 436 Å². The van der Waals surface area contributed by atoms with Crippen molar-refractivity contribution in [1.29, 1.82) is 0 Å². The van der Waals surface area contributed by atoms with E-state index in [9.17, 15) is 19.8 Å². The van der Waals surface area contributed by atoms with Gasteiger partial charge in [0.2, 0.25) is 5.91 Å². The van der Waals surface area contributed by atoms with Crippen LogP contribution >= 0.6 is 0 Å². The van der Waals surface area contributed by atoms with Gasteiger partial charge in [-0.05, 0) is 89.9 Å². The molecule has 2 atom stereocenters. The second-order valence-corrected chi connectivity index (χ2v) is 21.1. The molecule has 0 fully saturated rings. The fourth-order valence-corrected chi connectivity index (χ4v) is 9.33. The molecule has 0 rings (SSSR count). The second-order valence-electron chi connectivity index (χ2n) is 21.1. The first kappa shape index (κ1) is 67.8. The molecule has 0 aromatic heterocycles. The average molecular weight is 983 g/mol. The number of aliphatic hydroxyl groups is 2. The summed E-state index contributed by atoms with van der Waals surface area (Å²) in [6.07, 6.45) is 75.7. The molecule has 0 radical (unpaired) electrons. The maximum atomic E-state index is 12.5. The van der Waals surface area contributed by atoms with Gasteiger partial charge in [-0.3, -0.25) is 9.59 Å². The smallest absolute Gasteiger partial charge is 0.305 e. The van der Waals surface area contributed by atoms with Gasteiger partial charge in [0.15, 0.2) is 0 Å². The monoisotopic (exact) mass is 982 g/mol. The molecular formula is C64H119NO5. The first-order chi connectivity index (χ1) is 34.5. The van der Waals surface area contributed by atoms with Crippen LogP contribution in [-0.2, 0) is 14.3 Å². The molecule has 6 nitrogen and oxygen atoms in total. The number of amides is 1. The number of unbranched alkanes of at least 4 members (excludes halogenated alkanes) is 41. The highest BCUT2D eigenvalue weighted by Crippen LogP contribution is 2.17. The molecule has 6 heteroatoms. The standard InChI is InChI=1S/C64H119NO5/c1-3-5-7-9-11-13-15-17-19-20-22-25-29-32-36-40-44-48-52-56-62(67)61(60-66)65-63(68)57-53-49-45-41-37-33-30-26-23-21-24-27-31-35-39-43-47-51-55-59-70-64(69)58-54-50-46-42-38-34-28-18-16-14-12-10-8-6-4-2/h18,27-28,31,35,39,52,56,61-62,66-67H,3-17,19-26,29-30,32-34,36-38,40-51,53-55,57-60H2,1-2H3,(H,65,68)/b28-18-,31-27-,39-35-,56-52+. The number of aliphatic hydroxyl groups excluding tert-OH is 2. The van der Waals surface area contributed by atoms with Crippen LogP contribution in [0.4, 0.5) is 0 Å². The van der Waals surface area contributed by atoms with E-state index in [2.05, 4.69) is 55.6 Å². The van der Waals surface area contributed by atoms with E-state index < -0.39 is 12.1 Å². The zero-order chi connectivity index (χ0) is 50.7. The van der Waals surface area contributed by atoms with Crippen molar-refractivity contribution in [2.75, 3.05) is 13.2 Å². The Morgan fingerprint density at radius 1 is 0.400 bits per heavy atom. The third kappa shape index (κ3) is 55.1. The van der Waals surface area contributed by atoms with Gasteiger partial charge in [-0.25, -0.2) is 0 Å². The maximum Gasteiger partial charge on any atom is 0.305 e. The van der Waals surface area contributed by atoms with E-state index in [1.807, 2.05) is 6.08 Å². The van der Waals surface area contributed by atoms with E-state index in [4.69, 9.17) is 4.74 Å². The van der Waals surface area contributed by atoms with E-state index in [0.29, 0.717) is 19.4 Å². The van der Waals surface area contributed by atoms with Crippen LogP contribution in [0.1, 0.15) is 322 Å². The number of carbonyl (C=O) groups is 2. The second kappa shape index (κ2) is 59.4. The van der Waals surface area contributed by atoms with Gasteiger partial charge in [-0.15, -0.1) is 0 Å². The normalized spacial score (nSPS) is 12.9. The summed E-state index contributed by atoms with van der Waals surface area (Å²) in [5.74, 6) is -0.0987. The summed E-state index contributed by atoms with van der Waals surface area (Å²) < 4.78 is 5.45.